The van der Waals surface area contributed by atoms with E-state index in [1.807, 2.05) is 6.92 Å². The fraction of sp³-hybridized carbons (Fsp3) is 0.870. The molecule has 0 aliphatic heterocycles. The first-order valence-corrected chi connectivity index (χ1v) is 13.4. The summed E-state index contributed by atoms with van der Waals surface area (Å²) < 4.78 is 25.1. The molecule has 0 heterocycles. The van der Waals surface area contributed by atoms with Gasteiger partial charge < -0.3 is 18.0 Å². The molecule has 0 bridgehead atoms. The van der Waals surface area contributed by atoms with E-state index in [0.717, 1.165) is 51.0 Å². The fourth-order valence-electron chi connectivity index (χ4n) is 3.07. The summed E-state index contributed by atoms with van der Waals surface area (Å²) in [6.45, 7) is 20.3. The molecule has 0 aromatic heterocycles. The van der Waals surface area contributed by atoms with E-state index in [0.29, 0.717) is 0 Å². The van der Waals surface area contributed by atoms with Gasteiger partial charge in [0.25, 0.3) is 0 Å². The third-order valence-corrected chi connectivity index (χ3v) is 8.86. The minimum Gasteiger partial charge on any atom is -0.460 e. The molecule has 0 spiro atoms. The zero-order valence-electron chi connectivity index (χ0n) is 20.2. The molecule has 0 aliphatic rings. The highest BCUT2D eigenvalue weighted by atomic mass is 28.4. The Morgan fingerprint density at radius 1 is 1.03 bits per heavy atom. The van der Waals surface area contributed by atoms with Crippen LogP contribution in [0.4, 0.5) is 0 Å². The van der Waals surface area contributed by atoms with Crippen LogP contribution in [0.2, 0.25) is 6.04 Å². The average Bonchev–Trinajstić information content (AvgIpc) is 2.67. The average molecular weight is 431 g/mol. The van der Waals surface area contributed by atoms with E-state index >= 15 is 0 Å². The van der Waals surface area contributed by atoms with Crippen LogP contribution in [0.25, 0.3) is 0 Å². The molecule has 0 aromatic rings. The van der Waals surface area contributed by atoms with Gasteiger partial charge in [-0.15, -0.1) is 0 Å². The number of carbonyl (C=O) groups is 1. The number of rotatable bonds is 17. The van der Waals surface area contributed by atoms with E-state index in [4.69, 9.17) is 18.0 Å². The zero-order valence-corrected chi connectivity index (χ0v) is 21.2. The lowest BCUT2D eigenvalue weighted by atomic mass is 9.95. The summed E-state index contributed by atoms with van der Waals surface area (Å²) >= 11 is 0. The Bertz CT molecular complexity index is 458. The van der Waals surface area contributed by atoms with E-state index in [1.165, 1.54) is 6.08 Å². The third kappa shape index (κ3) is 11.3. The SMILES string of the molecule is C=CC(=O)OC(C)CCCC(C)(CC)O[Si](CCC)(OC(C)CC)OC(C)CC. The second kappa shape index (κ2) is 14.3. The first kappa shape index (κ1) is 28.3. The zero-order chi connectivity index (χ0) is 22.5. The standard InChI is InChI=1S/C23H46O5Si/c1-10-18-29(26-19(6)11-2,27-20(7)12-3)28-23(9,14-5)17-15-16-21(8)25-22(24)13-4/h13,19-21H,4,10-12,14-18H2,1-3,5-9H3. The summed E-state index contributed by atoms with van der Waals surface area (Å²) in [5.74, 6) is -0.370. The predicted molar refractivity (Wildman–Crippen MR) is 122 cm³/mol. The van der Waals surface area contributed by atoms with Gasteiger partial charge in [-0.3, -0.25) is 0 Å². The van der Waals surface area contributed by atoms with E-state index in [-0.39, 0.29) is 29.9 Å². The lowest BCUT2D eigenvalue weighted by Crippen LogP contribution is -2.54. The van der Waals surface area contributed by atoms with Crippen molar-refractivity contribution in [3.05, 3.63) is 12.7 Å². The number of carbonyl (C=O) groups excluding carboxylic acids is 1. The van der Waals surface area contributed by atoms with Gasteiger partial charge in [-0.25, -0.2) is 4.79 Å². The molecule has 4 atom stereocenters. The molecule has 4 unspecified atom stereocenters. The highest BCUT2D eigenvalue weighted by Gasteiger charge is 2.47. The molecule has 0 aliphatic carbocycles. The highest BCUT2D eigenvalue weighted by Crippen LogP contribution is 2.33. The van der Waals surface area contributed by atoms with Gasteiger partial charge in [0.15, 0.2) is 0 Å². The fourth-order valence-corrected chi connectivity index (χ4v) is 6.73. The maximum atomic E-state index is 11.4. The number of ether oxygens (including phenoxy) is 1. The second-order valence-electron chi connectivity index (χ2n) is 8.36. The predicted octanol–water partition coefficient (Wildman–Crippen LogP) is 6.44. The molecule has 0 rings (SSSR count). The molecule has 29 heavy (non-hydrogen) atoms. The van der Waals surface area contributed by atoms with Crippen molar-refractivity contribution in [3.8, 4) is 0 Å². The van der Waals surface area contributed by atoms with Crippen molar-refractivity contribution in [2.75, 3.05) is 0 Å². The Labute approximate surface area is 180 Å². The van der Waals surface area contributed by atoms with Crippen molar-refractivity contribution in [1.82, 2.24) is 0 Å². The third-order valence-electron chi connectivity index (χ3n) is 5.42. The van der Waals surface area contributed by atoms with Crippen LogP contribution in [-0.2, 0) is 22.8 Å². The monoisotopic (exact) mass is 430 g/mol. The summed E-state index contributed by atoms with van der Waals surface area (Å²) in [4.78, 5) is 11.4. The molecule has 6 heteroatoms. The maximum absolute atomic E-state index is 11.4. The van der Waals surface area contributed by atoms with Crippen LogP contribution < -0.4 is 0 Å². The minimum atomic E-state index is -2.83. The summed E-state index contributed by atoms with van der Waals surface area (Å²) in [5.41, 5.74) is -0.329. The van der Waals surface area contributed by atoms with Crippen LogP contribution in [0.1, 0.15) is 100 Å². The lowest BCUT2D eigenvalue weighted by molar-refractivity contribution is -0.142. The van der Waals surface area contributed by atoms with E-state index in [1.54, 1.807) is 0 Å². The molecule has 0 saturated heterocycles. The maximum Gasteiger partial charge on any atom is 0.501 e. The topological polar surface area (TPSA) is 54.0 Å². The van der Waals surface area contributed by atoms with Crippen molar-refractivity contribution >= 4 is 14.8 Å². The van der Waals surface area contributed by atoms with Crippen LogP contribution in [-0.4, -0.2) is 38.7 Å². The van der Waals surface area contributed by atoms with Crippen LogP contribution in [0.3, 0.4) is 0 Å². The van der Waals surface area contributed by atoms with Gasteiger partial charge in [0.2, 0.25) is 0 Å². The van der Waals surface area contributed by atoms with Crippen LogP contribution in [0, 0.1) is 0 Å². The molecule has 5 nitrogen and oxygen atoms in total. The minimum absolute atomic E-state index is 0.108. The van der Waals surface area contributed by atoms with E-state index in [2.05, 4.69) is 55.0 Å². The van der Waals surface area contributed by atoms with Crippen molar-refractivity contribution in [1.29, 1.82) is 0 Å². The smallest absolute Gasteiger partial charge is 0.460 e. The second-order valence-corrected chi connectivity index (χ2v) is 10.9. The van der Waals surface area contributed by atoms with Crippen molar-refractivity contribution in [3.63, 3.8) is 0 Å². The number of hydrogen-bond donors (Lipinski definition) is 0. The summed E-state index contributed by atoms with van der Waals surface area (Å²) in [5, 5.41) is 0. The first-order valence-electron chi connectivity index (χ1n) is 11.5. The van der Waals surface area contributed by atoms with Gasteiger partial charge in [-0.2, -0.15) is 0 Å². The number of hydrogen-bond acceptors (Lipinski definition) is 5. The largest absolute Gasteiger partial charge is 0.501 e. The Kier molecular flexibility index (Phi) is 14.0. The molecule has 0 amide bonds. The Morgan fingerprint density at radius 3 is 2.00 bits per heavy atom. The molecule has 0 aromatic carbocycles. The molecule has 0 radical (unpaired) electrons. The summed E-state index contributed by atoms with van der Waals surface area (Å²) in [6, 6.07) is 0.824. The summed E-state index contributed by atoms with van der Waals surface area (Å²) in [7, 11) is -2.83. The van der Waals surface area contributed by atoms with Crippen LogP contribution in [0.5, 0.6) is 0 Å². The first-order chi connectivity index (χ1) is 13.6. The van der Waals surface area contributed by atoms with Crippen molar-refractivity contribution < 1.29 is 22.8 Å². The van der Waals surface area contributed by atoms with Crippen LogP contribution >= 0.6 is 0 Å². The Morgan fingerprint density at radius 2 is 1.59 bits per heavy atom. The van der Waals surface area contributed by atoms with Crippen molar-refractivity contribution in [2.45, 2.75) is 130 Å². The number of esters is 1. The molecule has 172 valence electrons. The quantitative estimate of drug-likeness (QED) is 0.151. The van der Waals surface area contributed by atoms with Gasteiger partial charge in [0.05, 0.1) is 11.7 Å². The van der Waals surface area contributed by atoms with Crippen LogP contribution in [0.15, 0.2) is 12.7 Å². The van der Waals surface area contributed by atoms with E-state index in [9.17, 15) is 4.79 Å². The van der Waals surface area contributed by atoms with Crippen molar-refractivity contribution in [2.24, 2.45) is 0 Å². The van der Waals surface area contributed by atoms with Gasteiger partial charge in [-0.05, 0) is 66.2 Å². The molecule has 0 N–H and O–H groups in total. The molecule has 0 fully saturated rings. The normalized spacial score (nSPS) is 18.9. The van der Waals surface area contributed by atoms with Gasteiger partial charge >= 0.3 is 14.8 Å². The Hall–Kier alpha value is -0.693. The molecular weight excluding hydrogens is 384 g/mol. The van der Waals surface area contributed by atoms with E-state index < -0.39 is 8.80 Å². The molecule has 0 saturated carbocycles. The highest BCUT2D eigenvalue weighted by molar-refractivity contribution is 6.61. The molecular formula is C23H46O5Si. The lowest BCUT2D eigenvalue weighted by Gasteiger charge is -2.41. The Balaban J connectivity index is 5.27. The van der Waals surface area contributed by atoms with Gasteiger partial charge in [0.1, 0.15) is 0 Å². The summed E-state index contributed by atoms with van der Waals surface area (Å²) in [6.07, 6.45) is 7.55. The van der Waals surface area contributed by atoms with Gasteiger partial charge in [-0.1, -0.05) is 40.7 Å². The van der Waals surface area contributed by atoms with Gasteiger partial charge in [0, 0.05) is 24.3 Å².